The number of carbonyl (C=O) groups is 1. The molecule has 0 aliphatic carbocycles. The van der Waals surface area contributed by atoms with Gasteiger partial charge < -0.3 is 9.64 Å². The van der Waals surface area contributed by atoms with Crippen molar-refractivity contribution in [3.8, 4) is 0 Å². The number of halogens is 3. The van der Waals surface area contributed by atoms with Crippen LogP contribution in [0.3, 0.4) is 0 Å². The van der Waals surface area contributed by atoms with Crippen molar-refractivity contribution in [2.45, 2.75) is 48.4 Å². The number of sulfonamides is 1. The molecule has 0 N–H and O–H groups in total. The molecule has 1 amide bonds. The Bertz CT molecular complexity index is 1160. The molecule has 2 aromatic carbocycles. The summed E-state index contributed by atoms with van der Waals surface area (Å²) in [6.07, 6.45) is 0.844. The number of hydrogen-bond acceptors (Lipinski definition) is 4. The third kappa shape index (κ3) is 3.41. The van der Waals surface area contributed by atoms with E-state index < -0.39 is 45.3 Å². The van der Waals surface area contributed by atoms with Gasteiger partial charge in [0.25, 0.3) is 5.91 Å². The fraction of sp³-hybridized carbons (Fsp3) is 0.409. The van der Waals surface area contributed by atoms with Gasteiger partial charge in [-0.1, -0.05) is 6.07 Å². The molecular weight excluding hydrogens is 445 g/mol. The van der Waals surface area contributed by atoms with Gasteiger partial charge in [-0.15, -0.1) is 0 Å². The maximum atomic E-state index is 13.7. The molecule has 3 aliphatic rings. The Morgan fingerprint density at radius 1 is 0.938 bits per heavy atom. The van der Waals surface area contributed by atoms with Gasteiger partial charge in [0, 0.05) is 19.2 Å². The highest BCUT2D eigenvalue weighted by Crippen LogP contribution is 2.48. The van der Waals surface area contributed by atoms with Crippen molar-refractivity contribution in [3.05, 3.63) is 65.5 Å². The smallest absolute Gasteiger partial charge is 0.257 e. The number of benzene rings is 2. The highest BCUT2D eigenvalue weighted by molar-refractivity contribution is 7.89. The van der Waals surface area contributed by atoms with Crippen molar-refractivity contribution in [1.82, 2.24) is 9.21 Å². The van der Waals surface area contributed by atoms with Crippen molar-refractivity contribution in [2.75, 3.05) is 13.1 Å². The third-order valence-corrected chi connectivity index (χ3v) is 8.45. The van der Waals surface area contributed by atoms with Crippen molar-refractivity contribution in [2.24, 2.45) is 0 Å². The summed E-state index contributed by atoms with van der Waals surface area (Å²) >= 11 is 0. The summed E-state index contributed by atoms with van der Waals surface area (Å²) in [5, 5.41) is 0. The predicted molar refractivity (Wildman–Crippen MR) is 107 cm³/mol. The first kappa shape index (κ1) is 21.4. The van der Waals surface area contributed by atoms with E-state index in [4.69, 9.17) is 4.74 Å². The molecule has 3 saturated heterocycles. The number of piperidine rings is 1. The molecule has 3 aliphatic heterocycles. The highest BCUT2D eigenvalue weighted by atomic mass is 32.2. The van der Waals surface area contributed by atoms with Gasteiger partial charge in [0.15, 0.2) is 5.60 Å². The molecule has 5 rings (SSSR count). The molecule has 2 unspecified atom stereocenters. The van der Waals surface area contributed by atoms with Crippen LogP contribution in [0.25, 0.3) is 0 Å². The summed E-state index contributed by atoms with van der Waals surface area (Å²) < 4.78 is 74.1. The molecule has 6 nitrogen and oxygen atoms in total. The summed E-state index contributed by atoms with van der Waals surface area (Å²) in [7, 11) is -3.90. The maximum absolute atomic E-state index is 13.7. The largest absolute Gasteiger partial charge is 0.342 e. The van der Waals surface area contributed by atoms with Gasteiger partial charge in [0.1, 0.15) is 23.7 Å². The number of amides is 1. The molecule has 0 aromatic heterocycles. The minimum absolute atomic E-state index is 0.0460. The van der Waals surface area contributed by atoms with E-state index >= 15 is 0 Å². The van der Waals surface area contributed by atoms with Gasteiger partial charge in [0.05, 0.1) is 10.9 Å². The van der Waals surface area contributed by atoms with Crippen LogP contribution in [0.4, 0.5) is 13.2 Å². The normalized spacial score (nSPS) is 25.5. The summed E-state index contributed by atoms with van der Waals surface area (Å²) in [6, 6.07) is 7.55. The lowest BCUT2D eigenvalue weighted by molar-refractivity contribution is -0.142. The van der Waals surface area contributed by atoms with E-state index in [1.54, 1.807) is 4.90 Å². The first-order valence-corrected chi connectivity index (χ1v) is 11.9. The minimum Gasteiger partial charge on any atom is -0.342 e. The quantitative estimate of drug-likeness (QED) is 0.696. The van der Waals surface area contributed by atoms with Crippen LogP contribution in [-0.4, -0.2) is 48.4 Å². The fourth-order valence-electron chi connectivity index (χ4n) is 5.00. The van der Waals surface area contributed by atoms with Gasteiger partial charge in [-0.3, -0.25) is 4.79 Å². The number of carbonyl (C=O) groups excluding carboxylic acids is 1. The molecule has 0 saturated carbocycles. The van der Waals surface area contributed by atoms with Crippen LogP contribution in [0.15, 0.2) is 47.4 Å². The predicted octanol–water partition coefficient (Wildman–Crippen LogP) is 3.35. The van der Waals surface area contributed by atoms with E-state index in [1.165, 1.54) is 34.6 Å². The summed E-state index contributed by atoms with van der Waals surface area (Å²) in [4.78, 5) is 14.8. The fourth-order valence-corrected chi connectivity index (χ4v) is 6.48. The van der Waals surface area contributed by atoms with Crippen molar-refractivity contribution in [1.29, 1.82) is 0 Å². The molecule has 3 fully saturated rings. The van der Waals surface area contributed by atoms with Gasteiger partial charge in [-0.2, -0.15) is 4.31 Å². The number of ether oxygens (including phenoxy) is 1. The standard InChI is InChI=1S/C22H21F3N2O4S/c23-15-2-1-3-18(13-15)32(29,30)26-8-6-22(7-9-26)21(28)27-19(4-5-20(27)31-22)14-10-16(24)12-17(25)11-14/h1-3,10-13,19-20H,4-9H2. The van der Waals surface area contributed by atoms with E-state index in [1.807, 2.05) is 0 Å². The summed E-state index contributed by atoms with van der Waals surface area (Å²) in [6.45, 7) is 0.0921. The van der Waals surface area contributed by atoms with Crippen LogP contribution in [0.2, 0.25) is 0 Å². The number of hydrogen-bond donors (Lipinski definition) is 0. The average Bonchev–Trinajstić information content (AvgIpc) is 3.26. The van der Waals surface area contributed by atoms with Crippen LogP contribution < -0.4 is 0 Å². The van der Waals surface area contributed by atoms with E-state index in [-0.39, 0.29) is 36.7 Å². The zero-order valence-electron chi connectivity index (χ0n) is 17.0. The zero-order chi connectivity index (χ0) is 22.7. The van der Waals surface area contributed by atoms with E-state index in [9.17, 15) is 26.4 Å². The second kappa shape index (κ2) is 7.57. The molecule has 1 spiro atoms. The van der Waals surface area contributed by atoms with Crippen molar-refractivity contribution >= 4 is 15.9 Å². The third-order valence-electron chi connectivity index (χ3n) is 6.55. The topological polar surface area (TPSA) is 66.9 Å². The number of fused-ring (bicyclic) bond motifs is 1. The van der Waals surface area contributed by atoms with Crippen molar-refractivity contribution < 1.29 is 31.1 Å². The first-order valence-electron chi connectivity index (χ1n) is 10.4. The molecule has 2 atom stereocenters. The van der Waals surface area contributed by atoms with Gasteiger partial charge in [-0.25, -0.2) is 21.6 Å². The molecule has 0 bridgehead atoms. The van der Waals surface area contributed by atoms with Crippen LogP contribution in [0.5, 0.6) is 0 Å². The van der Waals surface area contributed by atoms with Gasteiger partial charge in [0.2, 0.25) is 10.0 Å². The molecule has 3 heterocycles. The molecule has 2 aromatic rings. The Morgan fingerprint density at radius 3 is 2.28 bits per heavy atom. The van der Waals surface area contributed by atoms with Crippen LogP contribution in [0.1, 0.15) is 37.3 Å². The first-order chi connectivity index (χ1) is 15.2. The minimum atomic E-state index is -3.90. The lowest BCUT2D eigenvalue weighted by atomic mass is 9.90. The summed E-state index contributed by atoms with van der Waals surface area (Å²) in [5.41, 5.74) is -0.784. The molecule has 0 radical (unpaired) electrons. The second-order valence-electron chi connectivity index (χ2n) is 8.44. The second-order valence-corrected chi connectivity index (χ2v) is 10.4. The Labute approximate surface area is 183 Å². The van der Waals surface area contributed by atoms with Gasteiger partial charge in [-0.05, 0) is 61.6 Å². The van der Waals surface area contributed by atoms with Crippen LogP contribution >= 0.6 is 0 Å². The lowest BCUT2D eigenvalue weighted by Gasteiger charge is -2.36. The average molecular weight is 466 g/mol. The Kier molecular flexibility index (Phi) is 5.06. The van der Waals surface area contributed by atoms with Crippen molar-refractivity contribution in [3.63, 3.8) is 0 Å². The van der Waals surface area contributed by atoms with E-state index in [0.717, 1.165) is 12.1 Å². The maximum Gasteiger partial charge on any atom is 0.257 e. The Morgan fingerprint density at radius 2 is 1.62 bits per heavy atom. The molecule has 10 heteroatoms. The number of rotatable bonds is 3. The Hall–Kier alpha value is -2.43. The summed E-state index contributed by atoms with van der Waals surface area (Å²) in [5.74, 6) is -2.34. The molecule has 32 heavy (non-hydrogen) atoms. The van der Waals surface area contributed by atoms with E-state index in [0.29, 0.717) is 18.4 Å². The van der Waals surface area contributed by atoms with Gasteiger partial charge >= 0.3 is 0 Å². The molecule has 170 valence electrons. The molecular formula is C22H21F3N2O4S. The van der Waals surface area contributed by atoms with Crippen LogP contribution in [-0.2, 0) is 19.6 Å². The SMILES string of the molecule is O=C1N2C(CCC2c2cc(F)cc(F)c2)OC12CCN(S(=O)(=O)c1cccc(F)c1)CC2. The number of nitrogens with zero attached hydrogens (tertiary/aromatic N) is 2. The highest BCUT2D eigenvalue weighted by Gasteiger charge is 2.58. The zero-order valence-corrected chi connectivity index (χ0v) is 17.8. The van der Waals surface area contributed by atoms with E-state index in [2.05, 4.69) is 0 Å². The monoisotopic (exact) mass is 466 g/mol. The Balaban J connectivity index is 1.34. The lowest BCUT2D eigenvalue weighted by Crippen LogP contribution is -2.51. The van der Waals surface area contributed by atoms with Crippen LogP contribution in [0, 0.1) is 17.5 Å².